The van der Waals surface area contributed by atoms with Crippen LogP contribution in [0.2, 0.25) is 0 Å². The predicted octanol–water partition coefficient (Wildman–Crippen LogP) is 2.47. The topological polar surface area (TPSA) is 39.2 Å². The smallest absolute Gasteiger partial charge is 0.212 e. The minimum atomic E-state index is 0.158. The number of methoxy groups -OCH3 is 1. The summed E-state index contributed by atoms with van der Waals surface area (Å²) in [6.45, 7) is 3.67. The molecule has 3 nitrogen and oxygen atoms in total. The van der Waals surface area contributed by atoms with Crippen LogP contribution in [-0.2, 0) is 4.79 Å². The van der Waals surface area contributed by atoms with Gasteiger partial charge in [0.25, 0.3) is 0 Å². The molecule has 0 radical (unpaired) electrons. The third-order valence-corrected chi connectivity index (χ3v) is 2.11. The van der Waals surface area contributed by atoms with Gasteiger partial charge in [0.05, 0.1) is 7.11 Å². The molecule has 0 unspecified atom stereocenters. The molecule has 0 fully saturated rings. The van der Waals surface area contributed by atoms with E-state index in [-0.39, 0.29) is 5.78 Å². The molecule has 1 rings (SSSR count). The Labute approximate surface area is 89.8 Å². The summed E-state index contributed by atoms with van der Waals surface area (Å²) >= 11 is 0. The zero-order valence-corrected chi connectivity index (χ0v) is 9.28. The highest BCUT2D eigenvalue weighted by atomic mass is 16.5. The molecule has 15 heavy (non-hydrogen) atoms. The lowest BCUT2D eigenvalue weighted by molar-refractivity contribution is -0.115. The average Bonchev–Trinajstić information content (AvgIpc) is 2.29. The maximum atomic E-state index is 11.3. The first-order valence-electron chi connectivity index (χ1n) is 4.89. The molecule has 0 aliphatic rings. The lowest BCUT2D eigenvalue weighted by Gasteiger charge is -2.00. The van der Waals surface area contributed by atoms with E-state index in [2.05, 4.69) is 4.98 Å². The fraction of sp³-hybridized carbons (Fsp3) is 0.333. The van der Waals surface area contributed by atoms with Crippen molar-refractivity contribution in [2.75, 3.05) is 7.11 Å². The first kappa shape index (κ1) is 11.4. The van der Waals surface area contributed by atoms with Crippen molar-refractivity contribution in [2.45, 2.75) is 20.3 Å². The molecule has 1 aromatic rings. The number of hydrogen-bond donors (Lipinski definition) is 0. The Morgan fingerprint density at radius 2 is 2.27 bits per heavy atom. The van der Waals surface area contributed by atoms with Crippen molar-refractivity contribution in [2.24, 2.45) is 0 Å². The predicted molar refractivity (Wildman–Crippen MR) is 59.7 cm³/mol. The van der Waals surface area contributed by atoms with Crippen molar-refractivity contribution in [3.05, 3.63) is 29.5 Å². The number of Topliss-reactive ketones (excluding diaryl/α,β-unsaturated/α-hetero) is 1. The highest BCUT2D eigenvalue weighted by molar-refractivity contribution is 5.98. The van der Waals surface area contributed by atoms with Crippen molar-refractivity contribution in [3.63, 3.8) is 0 Å². The minimum absolute atomic E-state index is 0.158. The Bertz CT molecular complexity index is 366. The fourth-order valence-electron chi connectivity index (χ4n) is 1.21. The molecule has 0 amide bonds. The van der Waals surface area contributed by atoms with Crippen molar-refractivity contribution >= 4 is 11.9 Å². The normalized spacial score (nSPS) is 11.3. The summed E-state index contributed by atoms with van der Waals surface area (Å²) in [4.78, 5) is 15.4. The zero-order valence-electron chi connectivity index (χ0n) is 9.28. The third kappa shape index (κ3) is 3.20. The first-order chi connectivity index (χ1) is 7.17. The number of pyridine rings is 1. The second-order valence-corrected chi connectivity index (χ2v) is 3.24. The molecule has 0 N–H and O–H groups in total. The van der Waals surface area contributed by atoms with E-state index in [1.807, 2.05) is 26.0 Å². The molecule has 0 saturated heterocycles. The van der Waals surface area contributed by atoms with Gasteiger partial charge in [0.2, 0.25) is 5.88 Å². The van der Waals surface area contributed by atoms with Crippen LogP contribution in [0, 0.1) is 0 Å². The van der Waals surface area contributed by atoms with Crippen molar-refractivity contribution in [1.29, 1.82) is 0 Å². The Kier molecular flexibility index (Phi) is 4.03. The summed E-state index contributed by atoms with van der Waals surface area (Å²) in [5.41, 5.74) is 1.67. The highest BCUT2D eigenvalue weighted by Crippen LogP contribution is 2.11. The van der Waals surface area contributed by atoms with Crippen molar-refractivity contribution < 1.29 is 9.53 Å². The van der Waals surface area contributed by atoms with Crippen LogP contribution in [0.1, 0.15) is 25.8 Å². The van der Waals surface area contributed by atoms with Crippen molar-refractivity contribution in [3.8, 4) is 5.88 Å². The lowest BCUT2D eigenvalue weighted by atomic mass is 10.1. The van der Waals surface area contributed by atoms with Crippen LogP contribution >= 0.6 is 0 Å². The highest BCUT2D eigenvalue weighted by Gasteiger charge is 2.01. The quantitative estimate of drug-likeness (QED) is 0.709. The Morgan fingerprint density at radius 3 is 2.73 bits per heavy atom. The zero-order chi connectivity index (χ0) is 11.3. The van der Waals surface area contributed by atoms with Gasteiger partial charge in [0, 0.05) is 18.7 Å². The van der Waals surface area contributed by atoms with Crippen LogP contribution in [0.25, 0.3) is 6.08 Å². The van der Waals surface area contributed by atoms with Gasteiger partial charge in [-0.05, 0) is 30.2 Å². The van der Waals surface area contributed by atoms with Crippen LogP contribution in [0.3, 0.4) is 0 Å². The second-order valence-electron chi connectivity index (χ2n) is 3.24. The Morgan fingerprint density at radius 1 is 1.53 bits per heavy atom. The van der Waals surface area contributed by atoms with Crippen LogP contribution < -0.4 is 4.74 Å². The molecular weight excluding hydrogens is 190 g/mol. The largest absolute Gasteiger partial charge is 0.481 e. The summed E-state index contributed by atoms with van der Waals surface area (Å²) in [5, 5.41) is 0. The van der Waals surface area contributed by atoms with Gasteiger partial charge < -0.3 is 4.74 Å². The SMILES string of the molecule is CCC(=O)C(C)=Cc1ccc(OC)nc1. The molecule has 3 heteroatoms. The number of allylic oxidation sites excluding steroid dienone is 1. The van der Waals surface area contributed by atoms with Gasteiger partial charge in [0.15, 0.2) is 5.78 Å². The van der Waals surface area contributed by atoms with E-state index < -0.39 is 0 Å². The molecule has 0 atom stereocenters. The molecule has 1 heterocycles. The number of carbonyl (C=O) groups excluding carboxylic acids is 1. The maximum absolute atomic E-state index is 11.3. The van der Waals surface area contributed by atoms with Gasteiger partial charge in [-0.2, -0.15) is 0 Å². The maximum Gasteiger partial charge on any atom is 0.212 e. The summed E-state index contributed by atoms with van der Waals surface area (Å²) in [6.07, 6.45) is 4.05. The Hall–Kier alpha value is -1.64. The molecule has 80 valence electrons. The summed E-state index contributed by atoms with van der Waals surface area (Å²) in [6, 6.07) is 3.65. The molecule has 0 aliphatic carbocycles. The van der Waals surface area contributed by atoms with E-state index in [0.717, 1.165) is 11.1 Å². The van der Waals surface area contributed by atoms with Gasteiger partial charge in [-0.3, -0.25) is 4.79 Å². The van der Waals surface area contributed by atoms with E-state index in [9.17, 15) is 4.79 Å². The molecule has 1 aromatic heterocycles. The Balaban J connectivity index is 2.84. The first-order valence-corrected chi connectivity index (χ1v) is 4.89. The van der Waals surface area contributed by atoms with Crippen LogP contribution in [-0.4, -0.2) is 17.9 Å². The summed E-state index contributed by atoms with van der Waals surface area (Å²) in [5.74, 6) is 0.734. The van der Waals surface area contributed by atoms with Gasteiger partial charge in [-0.15, -0.1) is 0 Å². The fourth-order valence-corrected chi connectivity index (χ4v) is 1.21. The third-order valence-electron chi connectivity index (χ3n) is 2.11. The second kappa shape index (κ2) is 5.29. The van der Waals surface area contributed by atoms with Crippen LogP contribution in [0.5, 0.6) is 5.88 Å². The molecule has 0 aliphatic heterocycles. The average molecular weight is 205 g/mol. The lowest BCUT2D eigenvalue weighted by Crippen LogP contribution is -1.96. The van der Waals surface area contributed by atoms with Crippen molar-refractivity contribution in [1.82, 2.24) is 4.98 Å². The van der Waals surface area contributed by atoms with Gasteiger partial charge in [-0.25, -0.2) is 4.98 Å². The number of rotatable bonds is 4. The van der Waals surface area contributed by atoms with E-state index in [1.54, 1.807) is 19.4 Å². The number of nitrogens with zero attached hydrogens (tertiary/aromatic N) is 1. The van der Waals surface area contributed by atoms with E-state index in [0.29, 0.717) is 12.3 Å². The molecular formula is C12H15NO2. The van der Waals surface area contributed by atoms with Gasteiger partial charge in [0.1, 0.15) is 0 Å². The van der Waals surface area contributed by atoms with Gasteiger partial charge >= 0.3 is 0 Å². The standard InChI is InChI=1S/C12H15NO2/c1-4-11(14)9(2)7-10-5-6-12(15-3)13-8-10/h5-8H,4H2,1-3H3. The monoisotopic (exact) mass is 205 g/mol. The number of hydrogen-bond acceptors (Lipinski definition) is 3. The van der Waals surface area contributed by atoms with Crippen LogP contribution in [0.15, 0.2) is 23.9 Å². The van der Waals surface area contributed by atoms with E-state index in [4.69, 9.17) is 4.74 Å². The van der Waals surface area contributed by atoms with E-state index >= 15 is 0 Å². The summed E-state index contributed by atoms with van der Waals surface area (Å²) < 4.78 is 4.94. The van der Waals surface area contributed by atoms with Gasteiger partial charge in [-0.1, -0.05) is 6.92 Å². The number of ether oxygens (including phenoxy) is 1. The number of aromatic nitrogens is 1. The van der Waals surface area contributed by atoms with Crippen LogP contribution in [0.4, 0.5) is 0 Å². The number of carbonyl (C=O) groups is 1. The minimum Gasteiger partial charge on any atom is -0.481 e. The molecule has 0 aromatic carbocycles. The molecule has 0 spiro atoms. The molecule has 0 saturated carbocycles. The van der Waals surface area contributed by atoms with E-state index in [1.165, 1.54) is 0 Å². The summed E-state index contributed by atoms with van der Waals surface area (Å²) in [7, 11) is 1.57. The number of ketones is 1. The molecule has 0 bridgehead atoms.